The van der Waals surface area contributed by atoms with E-state index in [9.17, 15) is 19.2 Å². The van der Waals surface area contributed by atoms with Gasteiger partial charge in [-0.3, -0.25) is 4.98 Å². The van der Waals surface area contributed by atoms with E-state index in [4.69, 9.17) is 4.74 Å². The molecule has 1 aromatic heterocycles. The van der Waals surface area contributed by atoms with E-state index in [0.717, 1.165) is 40.9 Å². The molecule has 0 aliphatic carbocycles. The number of hydrogen-bond acceptors (Lipinski definition) is 6. The molecule has 1 N–H and O–H groups in total. The summed E-state index contributed by atoms with van der Waals surface area (Å²) >= 11 is 0. The van der Waals surface area contributed by atoms with E-state index in [1.165, 1.54) is 12.1 Å². The Bertz CT molecular complexity index is 1310. The lowest BCUT2D eigenvalue weighted by Gasteiger charge is -2.37. The van der Waals surface area contributed by atoms with Crippen molar-refractivity contribution in [1.29, 1.82) is 0 Å². The minimum atomic E-state index is -0.991. The summed E-state index contributed by atoms with van der Waals surface area (Å²) in [5, 5.41) is 13.0. The second-order valence-electron chi connectivity index (χ2n) is 9.18. The van der Waals surface area contributed by atoms with Crippen molar-refractivity contribution in [3.05, 3.63) is 106 Å². The lowest BCUT2D eigenvalue weighted by molar-refractivity contribution is 0.0696. The van der Waals surface area contributed by atoms with Crippen molar-refractivity contribution in [3.63, 3.8) is 0 Å². The fourth-order valence-electron chi connectivity index (χ4n) is 5.04. The summed E-state index contributed by atoms with van der Waals surface area (Å²) in [6.45, 7) is 2.48. The molecule has 3 aromatic rings. The smallest absolute Gasteiger partial charge is 0.335 e. The van der Waals surface area contributed by atoms with E-state index in [0.29, 0.717) is 38.3 Å². The van der Waals surface area contributed by atoms with Crippen molar-refractivity contribution >= 4 is 11.5 Å². The number of fused-ring (bicyclic) bond motifs is 2. The van der Waals surface area contributed by atoms with Gasteiger partial charge in [-0.1, -0.05) is 29.5 Å². The number of rotatable bonds is 6. The molecule has 2 aliphatic heterocycles. The molecule has 0 spiro atoms. The van der Waals surface area contributed by atoms with Crippen LogP contribution in [0.3, 0.4) is 0 Å². The molecule has 0 radical (unpaired) electrons. The molecular formula is C28H26FN3O4. The zero-order chi connectivity index (χ0) is 25.1. The highest BCUT2D eigenvalue weighted by Gasteiger charge is 2.37. The molecular weight excluding hydrogens is 461 g/mol. The van der Waals surface area contributed by atoms with E-state index >= 15 is 0 Å². The van der Waals surface area contributed by atoms with Gasteiger partial charge in [-0.15, -0.1) is 4.91 Å². The second-order valence-corrected chi connectivity index (χ2v) is 9.18. The molecule has 0 unspecified atom stereocenters. The van der Waals surface area contributed by atoms with Crippen LogP contribution < -0.4 is 4.74 Å². The van der Waals surface area contributed by atoms with Crippen LogP contribution in [-0.4, -0.2) is 40.6 Å². The maximum absolute atomic E-state index is 13.3. The van der Waals surface area contributed by atoms with Crippen molar-refractivity contribution in [3.8, 4) is 5.75 Å². The molecule has 1 fully saturated rings. The Morgan fingerprint density at radius 2 is 1.92 bits per heavy atom. The Hall–Kier alpha value is -3.91. The first-order valence-corrected chi connectivity index (χ1v) is 12.0. The van der Waals surface area contributed by atoms with Crippen LogP contribution in [0, 0.1) is 10.7 Å². The van der Waals surface area contributed by atoms with Crippen LogP contribution in [0.5, 0.6) is 5.75 Å². The maximum atomic E-state index is 13.3. The monoisotopic (exact) mass is 487 g/mol. The number of benzene rings is 2. The number of carbonyl (C=O) groups is 1. The molecule has 0 atom stereocenters. The number of halogens is 1. The van der Waals surface area contributed by atoms with Crippen LogP contribution in [0.2, 0.25) is 0 Å². The van der Waals surface area contributed by atoms with Gasteiger partial charge in [-0.25, -0.2) is 9.18 Å². The molecule has 184 valence electrons. The number of pyridine rings is 1. The predicted octanol–water partition coefficient (Wildman–Crippen LogP) is 5.39. The highest BCUT2D eigenvalue weighted by atomic mass is 19.1. The quantitative estimate of drug-likeness (QED) is 0.469. The highest BCUT2D eigenvalue weighted by Crippen LogP contribution is 2.38. The topological polar surface area (TPSA) is 92.1 Å². The average molecular weight is 488 g/mol. The first kappa shape index (κ1) is 23.8. The first-order chi connectivity index (χ1) is 17.5. The number of nitrogens with zero attached hydrogens (tertiary/aromatic N) is 3. The number of ether oxygens (including phenoxy) is 1. The predicted molar refractivity (Wildman–Crippen MR) is 133 cm³/mol. The Kier molecular flexibility index (Phi) is 6.61. The zero-order valence-corrected chi connectivity index (χ0v) is 19.7. The number of carboxylic acids is 1. The van der Waals surface area contributed by atoms with Gasteiger partial charge in [0.15, 0.2) is 0 Å². The maximum Gasteiger partial charge on any atom is 0.335 e. The van der Waals surface area contributed by atoms with Crippen molar-refractivity contribution in [2.45, 2.75) is 31.4 Å². The van der Waals surface area contributed by atoms with Gasteiger partial charge in [0.25, 0.3) is 0 Å². The van der Waals surface area contributed by atoms with Gasteiger partial charge in [-0.05, 0) is 66.8 Å². The standard InChI is InChI=1S/C28H26FN3O4/c29-21-8-6-20(7-9-21)28(31-35)11-15-32(16-12-28)14-2-4-22-23-3-1-13-30-25(23)18-36-26-10-5-19(27(33)34)17-24(22)26/h1,3-10,13,17H,2,11-12,14-16,18H2,(H,33,34)/b22-4+. The van der Waals surface area contributed by atoms with Crippen LogP contribution in [0.4, 0.5) is 4.39 Å². The Morgan fingerprint density at radius 1 is 1.14 bits per heavy atom. The molecule has 0 bridgehead atoms. The molecule has 0 amide bonds. The minimum Gasteiger partial charge on any atom is -0.487 e. The molecule has 5 rings (SSSR count). The van der Waals surface area contributed by atoms with E-state index in [-0.39, 0.29) is 11.4 Å². The lowest BCUT2D eigenvalue weighted by Crippen LogP contribution is -2.41. The van der Waals surface area contributed by atoms with E-state index in [1.54, 1.807) is 36.5 Å². The summed E-state index contributed by atoms with van der Waals surface area (Å²) in [5.74, 6) is -0.694. The summed E-state index contributed by atoms with van der Waals surface area (Å²) in [6.07, 6.45) is 5.70. The lowest BCUT2D eigenvalue weighted by atomic mass is 9.82. The first-order valence-electron chi connectivity index (χ1n) is 12.0. The van der Waals surface area contributed by atoms with Crippen molar-refractivity contribution < 1.29 is 19.0 Å². The normalized spacial score (nSPS) is 18.0. The van der Waals surface area contributed by atoms with E-state index < -0.39 is 11.5 Å². The molecule has 36 heavy (non-hydrogen) atoms. The third-order valence-corrected chi connectivity index (χ3v) is 7.09. The largest absolute Gasteiger partial charge is 0.487 e. The van der Waals surface area contributed by atoms with Crippen molar-refractivity contribution in [2.75, 3.05) is 19.6 Å². The van der Waals surface area contributed by atoms with E-state index in [2.05, 4.69) is 21.1 Å². The number of nitroso groups, excluding NO2 is 1. The fourth-order valence-corrected chi connectivity index (χ4v) is 5.04. The van der Waals surface area contributed by atoms with Gasteiger partial charge in [-0.2, -0.15) is 0 Å². The molecule has 0 saturated carbocycles. The fraction of sp³-hybridized carbons (Fsp3) is 0.286. The van der Waals surface area contributed by atoms with Crippen LogP contribution in [0.25, 0.3) is 5.57 Å². The SMILES string of the molecule is O=NC1(c2ccc(F)cc2)CCN(CC/C=C2/c3cc(C(=O)O)ccc3OCc3ncccc32)CC1. The summed E-state index contributed by atoms with van der Waals surface area (Å²) in [6, 6.07) is 14.8. The molecule has 8 heteroatoms. The zero-order valence-electron chi connectivity index (χ0n) is 19.7. The third-order valence-electron chi connectivity index (χ3n) is 7.09. The Balaban J connectivity index is 1.34. The number of hydrogen-bond donors (Lipinski definition) is 1. The molecule has 2 aromatic carbocycles. The molecule has 1 saturated heterocycles. The number of aromatic carboxylic acids is 1. The van der Waals surface area contributed by atoms with Crippen LogP contribution in [-0.2, 0) is 12.1 Å². The van der Waals surface area contributed by atoms with Crippen molar-refractivity contribution in [2.24, 2.45) is 5.18 Å². The van der Waals surface area contributed by atoms with Crippen LogP contribution >= 0.6 is 0 Å². The summed E-state index contributed by atoms with van der Waals surface area (Å²) in [4.78, 5) is 30.2. The Labute approximate surface area is 208 Å². The van der Waals surface area contributed by atoms with Crippen molar-refractivity contribution in [1.82, 2.24) is 9.88 Å². The third kappa shape index (κ3) is 4.64. The number of carboxylic acid groups (broad SMARTS) is 1. The van der Waals surface area contributed by atoms with Crippen LogP contribution in [0.15, 0.2) is 72.0 Å². The average Bonchev–Trinajstić information content (AvgIpc) is 3.06. The van der Waals surface area contributed by atoms with E-state index in [1.807, 2.05) is 12.1 Å². The molecule has 3 heterocycles. The number of piperidine rings is 1. The van der Waals surface area contributed by atoms with Gasteiger partial charge in [0.1, 0.15) is 23.7 Å². The molecule has 7 nitrogen and oxygen atoms in total. The second kappa shape index (κ2) is 9.99. The van der Waals surface area contributed by atoms with Gasteiger partial charge >= 0.3 is 5.97 Å². The number of aromatic nitrogens is 1. The van der Waals surface area contributed by atoms with Gasteiger partial charge in [0.2, 0.25) is 0 Å². The highest BCUT2D eigenvalue weighted by molar-refractivity contribution is 5.92. The summed E-state index contributed by atoms with van der Waals surface area (Å²) in [5.41, 5.74) is 3.51. The molecule has 2 aliphatic rings. The van der Waals surface area contributed by atoms with Crippen LogP contribution in [0.1, 0.15) is 52.0 Å². The summed E-state index contributed by atoms with van der Waals surface area (Å²) in [7, 11) is 0. The number of likely N-dealkylation sites (tertiary alicyclic amines) is 1. The van der Waals surface area contributed by atoms with Gasteiger partial charge in [0.05, 0.1) is 11.3 Å². The summed E-state index contributed by atoms with van der Waals surface area (Å²) < 4.78 is 19.3. The minimum absolute atomic E-state index is 0.199. The Morgan fingerprint density at radius 3 is 2.64 bits per heavy atom. The van der Waals surface area contributed by atoms with Gasteiger partial charge in [0, 0.05) is 37.0 Å². The van der Waals surface area contributed by atoms with Gasteiger partial charge < -0.3 is 14.7 Å².